The highest BCUT2D eigenvalue weighted by atomic mass is 32.1. The van der Waals surface area contributed by atoms with E-state index in [-0.39, 0.29) is 59.8 Å². The number of hydrazine groups is 1. The predicted octanol–water partition coefficient (Wildman–Crippen LogP) is 4.62. The number of fused-ring (bicyclic) bond motifs is 4. The molecule has 1 saturated carbocycles. The summed E-state index contributed by atoms with van der Waals surface area (Å²) in [5.74, 6) is -0.932. The van der Waals surface area contributed by atoms with E-state index in [9.17, 15) is 9.59 Å². The van der Waals surface area contributed by atoms with Gasteiger partial charge in [0.05, 0.1) is 74.9 Å². The number of thiazole rings is 1. The Hall–Kier alpha value is -4.29. The Morgan fingerprint density at radius 2 is 1.87 bits per heavy atom. The number of nitrogens with zero attached hydrogens (tertiary/aromatic N) is 5. The van der Waals surface area contributed by atoms with Crippen molar-refractivity contribution in [3.63, 3.8) is 0 Å². The lowest BCUT2D eigenvalue weighted by molar-refractivity contribution is -0.204. The van der Waals surface area contributed by atoms with Crippen molar-refractivity contribution in [2.75, 3.05) is 59.8 Å². The SMILES string of the molecule is CO[C@@H](C)c1ncccc1-c1c2c3cc(ccc3n1C1COC1)-c1csc(n1)[C@@H](N1CC3(COC3)C1)[C@H](NC(=O)[C@H]1OC[C@@H]1C)C(=O)N1N[C@H](C(=O)OCC(C)(C)C2)C2CC1C2. The van der Waals surface area contributed by atoms with Crippen molar-refractivity contribution < 1.29 is 38.1 Å². The minimum atomic E-state index is -1.01. The molecule has 15 nitrogen and oxygen atoms in total. The van der Waals surface area contributed by atoms with Gasteiger partial charge < -0.3 is 33.6 Å². The molecule has 62 heavy (non-hydrogen) atoms. The Bertz CT molecular complexity index is 2430. The predicted molar refractivity (Wildman–Crippen MR) is 229 cm³/mol. The molecule has 1 aromatic carbocycles. The number of carbonyl (C=O) groups excluding carboxylic acids is 3. The second kappa shape index (κ2) is 15.2. The third-order valence-electron chi connectivity index (χ3n) is 14.5. The van der Waals surface area contributed by atoms with Crippen LogP contribution < -0.4 is 10.7 Å². The molecule has 7 fully saturated rings. The molecule has 7 aliphatic heterocycles. The number of benzene rings is 1. The molecule has 0 unspecified atom stereocenters. The van der Waals surface area contributed by atoms with Gasteiger partial charge in [0.25, 0.3) is 5.91 Å². The molecule has 2 N–H and O–H groups in total. The van der Waals surface area contributed by atoms with Crippen LogP contribution in [0.2, 0.25) is 0 Å². The van der Waals surface area contributed by atoms with Gasteiger partial charge in [-0.05, 0) is 61.9 Å². The minimum Gasteiger partial charge on any atom is -0.464 e. The number of esters is 1. The molecule has 8 aliphatic rings. The van der Waals surface area contributed by atoms with Gasteiger partial charge in [-0.15, -0.1) is 11.3 Å². The first-order valence-electron chi connectivity index (χ1n) is 22.1. The number of hydrogen-bond acceptors (Lipinski definition) is 13. The Balaban J connectivity index is 1.08. The summed E-state index contributed by atoms with van der Waals surface area (Å²) >= 11 is 1.50. The maximum atomic E-state index is 15.2. The molecule has 8 bridgehead atoms. The highest BCUT2D eigenvalue weighted by Crippen LogP contribution is 2.48. The van der Waals surface area contributed by atoms with Gasteiger partial charge in [0, 0.05) is 76.6 Å². The first-order valence-corrected chi connectivity index (χ1v) is 23.0. The number of ether oxygens (including phenoxy) is 5. The first-order chi connectivity index (χ1) is 29.9. The van der Waals surface area contributed by atoms with Crippen molar-refractivity contribution in [2.24, 2.45) is 22.7 Å². The lowest BCUT2D eigenvalue weighted by Gasteiger charge is -2.58. The van der Waals surface area contributed by atoms with Crippen LogP contribution in [0.25, 0.3) is 33.4 Å². The molecule has 6 atom stereocenters. The number of carbonyl (C=O) groups is 3. The normalized spacial score (nSPS) is 30.9. The van der Waals surface area contributed by atoms with Gasteiger partial charge >= 0.3 is 5.97 Å². The summed E-state index contributed by atoms with van der Waals surface area (Å²) in [5, 5.41) is 8.68. The van der Waals surface area contributed by atoms with Gasteiger partial charge in [-0.1, -0.05) is 26.8 Å². The van der Waals surface area contributed by atoms with Crippen LogP contribution in [-0.2, 0) is 44.5 Å². The van der Waals surface area contributed by atoms with E-state index in [0.717, 1.165) is 49.7 Å². The average Bonchev–Trinajstić information content (AvgIpc) is 3.80. The number of nitrogens with one attached hydrogen (secondary N) is 2. The number of cyclic esters (lactones) is 1. The molecule has 10 heterocycles. The van der Waals surface area contributed by atoms with E-state index < -0.39 is 29.6 Å². The monoisotopic (exact) mass is 865 g/mol. The molecule has 12 rings (SSSR count). The number of likely N-dealkylation sites (tertiary alicyclic amines) is 1. The molecule has 0 radical (unpaired) electrons. The number of rotatable bonds is 7. The van der Waals surface area contributed by atoms with Crippen LogP contribution in [0.1, 0.15) is 75.0 Å². The van der Waals surface area contributed by atoms with Gasteiger partial charge in [0.15, 0.2) is 0 Å². The lowest BCUT2D eigenvalue weighted by atomic mass is 9.72. The molecule has 328 valence electrons. The summed E-state index contributed by atoms with van der Waals surface area (Å²) < 4.78 is 31.8. The fourth-order valence-corrected chi connectivity index (χ4v) is 11.7. The Labute approximate surface area is 364 Å². The summed E-state index contributed by atoms with van der Waals surface area (Å²) in [7, 11) is 1.70. The van der Waals surface area contributed by atoms with Gasteiger partial charge in [-0.25, -0.2) is 10.4 Å². The largest absolute Gasteiger partial charge is 0.464 e. The highest BCUT2D eigenvalue weighted by Gasteiger charge is 2.57. The maximum Gasteiger partial charge on any atom is 0.325 e. The van der Waals surface area contributed by atoms with E-state index in [4.69, 9.17) is 33.7 Å². The Morgan fingerprint density at radius 3 is 2.55 bits per heavy atom. The van der Waals surface area contributed by atoms with Gasteiger partial charge in [-0.3, -0.25) is 29.3 Å². The zero-order chi connectivity index (χ0) is 42.7. The quantitative estimate of drug-likeness (QED) is 0.249. The van der Waals surface area contributed by atoms with Gasteiger partial charge in [0.1, 0.15) is 23.2 Å². The van der Waals surface area contributed by atoms with Crippen molar-refractivity contribution in [1.82, 2.24) is 35.2 Å². The van der Waals surface area contributed by atoms with E-state index in [1.807, 2.05) is 26.1 Å². The van der Waals surface area contributed by atoms with Crippen LogP contribution in [-0.4, -0.2) is 126 Å². The smallest absolute Gasteiger partial charge is 0.325 e. The zero-order valence-corrected chi connectivity index (χ0v) is 36.7. The summed E-state index contributed by atoms with van der Waals surface area (Å²) in [6.07, 6.45) is 2.84. The summed E-state index contributed by atoms with van der Waals surface area (Å²) in [5.41, 5.74) is 9.67. The molecule has 16 heteroatoms. The van der Waals surface area contributed by atoms with Crippen molar-refractivity contribution in [1.29, 1.82) is 0 Å². The number of methoxy groups -OCH3 is 1. The molecule has 4 aromatic rings. The molecule has 2 amide bonds. The molecular formula is C46H55N7O8S. The van der Waals surface area contributed by atoms with Crippen LogP contribution in [0.3, 0.4) is 0 Å². The lowest BCUT2D eigenvalue weighted by Crippen LogP contribution is -2.74. The summed E-state index contributed by atoms with van der Waals surface area (Å²) in [6, 6.07) is 8.35. The standard InChI is InChI=1S/C46H55N7O8S/c1-24-15-60-40(24)41(54)49-37-39(51-19-46(20-51)22-59-23-46)42-48-33(18-62-42)26-8-9-34-31(13-26)32(38(52(34)29-16-58-17-29)30-7-6-10-47-35(30)25(2)57-5)14-45(3,4)21-61-44(56)36-27-11-28(12-27)53(50-36)43(37)55/h6-10,13,18,24-25,27-29,36-37,39-40,50H,11-12,14-17,19-23H2,1-5H3,(H,49,54)/t24-,25-,27?,28?,36-,37-,39-,40-/m0/s1. The topological polar surface area (TPSA) is 159 Å². The van der Waals surface area contributed by atoms with Crippen LogP contribution in [0, 0.1) is 22.7 Å². The van der Waals surface area contributed by atoms with Crippen molar-refractivity contribution in [3.8, 4) is 22.5 Å². The van der Waals surface area contributed by atoms with E-state index in [1.54, 1.807) is 12.1 Å². The van der Waals surface area contributed by atoms with Crippen molar-refractivity contribution in [3.05, 3.63) is 58.2 Å². The third kappa shape index (κ3) is 6.62. The van der Waals surface area contributed by atoms with Crippen molar-refractivity contribution >= 4 is 40.0 Å². The van der Waals surface area contributed by atoms with Crippen LogP contribution in [0.4, 0.5) is 0 Å². The fourth-order valence-electron chi connectivity index (χ4n) is 10.7. The van der Waals surface area contributed by atoms with E-state index in [1.165, 1.54) is 11.3 Å². The molecule has 3 aromatic heterocycles. The minimum absolute atomic E-state index is 0.0233. The second-order valence-electron chi connectivity index (χ2n) is 19.7. The average molecular weight is 866 g/mol. The van der Waals surface area contributed by atoms with Crippen LogP contribution in [0.15, 0.2) is 41.9 Å². The van der Waals surface area contributed by atoms with Gasteiger partial charge in [-0.2, -0.15) is 0 Å². The zero-order valence-electron chi connectivity index (χ0n) is 35.9. The number of hydrogen-bond donors (Lipinski definition) is 2. The van der Waals surface area contributed by atoms with Crippen LogP contribution >= 0.6 is 11.3 Å². The van der Waals surface area contributed by atoms with E-state index >= 15 is 4.79 Å². The van der Waals surface area contributed by atoms with Gasteiger partial charge in [0.2, 0.25) is 5.91 Å². The molecular weight excluding hydrogens is 811 g/mol. The second-order valence-corrected chi connectivity index (χ2v) is 20.6. The van der Waals surface area contributed by atoms with E-state index in [2.05, 4.69) is 63.7 Å². The molecule has 6 saturated heterocycles. The third-order valence-corrected chi connectivity index (χ3v) is 15.4. The number of aromatic nitrogens is 3. The summed E-state index contributed by atoms with van der Waals surface area (Å²) in [6.45, 7) is 12.8. The Morgan fingerprint density at radius 1 is 1.06 bits per heavy atom. The number of pyridine rings is 1. The number of amides is 2. The first kappa shape index (κ1) is 40.5. The maximum absolute atomic E-state index is 15.2. The van der Waals surface area contributed by atoms with E-state index in [0.29, 0.717) is 65.4 Å². The molecule has 1 spiro atoms. The van der Waals surface area contributed by atoms with Crippen molar-refractivity contribution in [2.45, 2.75) is 89.4 Å². The van der Waals surface area contributed by atoms with Crippen LogP contribution in [0.5, 0.6) is 0 Å². The fraction of sp³-hybridized carbons (Fsp3) is 0.587. The Kier molecular flexibility index (Phi) is 9.91. The molecule has 1 aliphatic carbocycles. The summed E-state index contributed by atoms with van der Waals surface area (Å²) in [4.78, 5) is 55.9. The highest BCUT2D eigenvalue weighted by molar-refractivity contribution is 7.10.